The van der Waals surface area contributed by atoms with Crippen LogP contribution >= 0.6 is 15.9 Å². The SMILES string of the molecule is NC(=O)N1CCC2(CCc3cc(Br)ccc3O2)CC1. The van der Waals surface area contributed by atoms with E-state index in [0.717, 1.165) is 35.9 Å². The monoisotopic (exact) mass is 324 g/mol. The van der Waals surface area contributed by atoms with Gasteiger partial charge in [-0.15, -0.1) is 0 Å². The highest BCUT2D eigenvalue weighted by Crippen LogP contribution is 2.40. The molecule has 1 saturated heterocycles. The lowest BCUT2D eigenvalue weighted by atomic mass is 9.83. The number of halogens is 1. The maximum Gasteiger partial charge on any atom is 0.314 e. The Morgan fingerprint density at radius 1 is 1.32 bits per heavy atom. The van der Waals surface area contributed by atoms with Gasteiger partial charge in [0.15, 0.2) is 0 Å². The fourth-order valence-electron chi connectivity index (χ4n) is 2.98. The second kappa shape index (κ2) is 4.71. The average Bonchev–Trinajstić information content (AvgIpc) is 2.40. The number of benzene rings is 1. The zero-order chi connectivity index (χ0) is 13.5. The summed E-state index contributed by atoms with van der Waals surface area (Å²) >= 11 is 3.49. The molecule has 3 rings (SSSR count). The van der Waals surface area contributed by atoms with Crippen molar-refractivity contribution in [2.45, 2.75) is 31.3 Å². The first-order valence-corrected chi connectivity index (χ1v) is 7.39. The van der Waals surface area contributed by atoms with Crippen molar-refractivity contribution in [1.82, 2.24) is 4.90 Å². The molecule has 1 spiro atoms. The Morgan fingerprint density at radius 3 is 2.74 bits per heavy atom. The van der Waals surface area contributed by atoms with Crippen LogP contribution in [-0.2, 0) is 6.42 Å². The van der Waals surface area contributed by atoms with Crippen LogP contribution in [0.3, 0.4) is 0 Å². The van der Waals surface area contributed by atoms with Gasteiger partial charge in [0.2, 0.25) is 0 Å². The molecule has 2 N–H and O–H groups in total. The van der Waals surface area contributed by atoms with E-state index in [1.165, 1.54) is 5.56 Å². The number of ether oxygens (including phenoxy) is 1. The van der Waals surface area contributed by atoms with E-state index in [4.69, 9.17) is 10.5 Å². The summed E-state index contributed by atoms with van der Waals surface area (Å²) in [5, 5.41) is 0. The lowest BCUT2D eigenvalue weighted by Gasteiger charge is -2.44. The highest BCUT2D eigenvalue weighted by molar-refractivity contribution is 9.10. The summed E-state index contributed by atoms with van der Waals surface area (Å²) in [5.41, 5.74) is 6.48. The fraction of sp³-hybridized carbons (Fsp3) is 0.500. The van der Waals surface area contributed by atoms with Gasteiger partial charge < -0.3 is 15.4 Å². The Kier molecular flexibility index (Phi) is 3.17. The number of primary amides is 1. The number of rotatable bonds is 0. The van der Waals surface area contributed by atoms with Crippen LogP contribution in [-0.4, -0.2) is 29.6 Å². The van der Waals surface area contributed by atoms with Crippen molar-refractivity contribution < 1.29 is 9.53 Å². The summed E-state index contributed by atoms with van der Waals surface area (Å²) in [5.74, 6) is 0.988. The smallest absolute Gasteiger partial charge is 0.314 e. The quantitative estimate of drug-likeness (QED) is 0.797. The number of urea groups is 1. The van der Waals surface area contributed by atoms with Crippen molar-refractivity contribution in [2.24, 2.45) is 5.73 Å². The van der Waals surface area contributed by atoms with Crippen LogP contribution in [0.1, 0.15) is 24.8 Å². The molecular formula is C14H17BrN2O2. The van der Waals surface area contributed by atoms with Gasteiger partial charge in [0.25, 0.3) is 0 Å². The molecule has 1 aromatic carbocycles. The van der Waals surface area contributed by atoms with E-state index in [1.54, 1.807) is 4.90 Å². The summed E-state index contributed by atoms with van der Waals surface area (Å²) in [6.07, 6.45) is 3.78. The number of hydrogen-bond donors (Lipinski definition) is 1. The molecule has 2 amide bonds. The zero-order valence-corrected chi connectivity index (χ0v) is 12.3. The minimum Gasteiger partial charge on any atom is -0.487 e. The lowest BCUT2D eigenvalue weighted by Crippen LogP contribution is -2.52. The number of hydrogen-bond acceptors (Lipinski definition) is 2. The average molecular weight is 325 g/mol. The van der Waals surface area contributed by atoms with Gasteiger partial charge in [-0.05, 0) is 36.6 Å². The topological polar surface area (TPSA) is 55.6 Å². The molecule has 0 unspecified atom stereocenters. The van der Waals surface area contributed by atoms with Gasteiger partial charge in [0.1, 0.15) is 11.4 Å². The molecule has 2 heterocycles. The number of amides is 2. The molecule has 0 saturated carbocycles. The summed E-state index contributed by atoms with van der Waals surface area (Å²) in [6, 6.07) is 5.84. The molecule has 0 radical (unpaired) electrons. The first kappa shape index (κ1) is 12.8. The molecule has 0 aliphatic carbocycles. The van der Waals surface area contributed by atoms with E-state index >= 15 is 0 Å². The zero-order valence-electron chi connectivity index (χ0n) is 10.7. The van der Waals surface area contributed by atoms with Gasteiger partial charge >= 0.3 is 6.03 Å². The van der Waals surface area contributed by atoms with Crippen LogP contribution in [0.4, 0.5) is 4.79 Å². The van der Waals surface area contributed by atoms with Crippen molar-refractivity contribution >= 4 is 22.0 Å². The van der Waals surface area contributed by atoms with Crippen molar-refractivity contribution in [1.29, 1.82) is 0 Å². The Bertz CT molecular complexity index is 510. The minimum atomic E-state index is -0.324. The van der Waals surface area contributed by atoms with Gasteiger partial charge in [0, 0.05) is 30.4 Å². The number of nitrogens with two attached hydrogens (primary N) is 1. The second-order valence-electron chi connectivity index (χ2n) is 5.36. The molecule has 2 aliphatic rings. The lowest BCUT2D eigenvalue weighted by molar-refractivity contribution is -0.00475. The second-order valence-corrected chi connectivity index (χ2v) is 6.28. The third kappa shape index (κ3) is 2.43. The van der Waals surface area contributed by atoms with Crippen LogP contribution in [0.15, 0.2) is 22.7 Å². The predicted octanol–water partition coefficient (Wildman–Crippen LogP) is 2.69. The van der Waals surface area contributed by atoms with Crippen LogP contribution in [0.25, 0.3) is 0 Å². The number of aryl methyl sites for hydroxylation is 1. The minimum absolute atomic E-state index is 0.104. The molecule has 102 valence electrons. The normalized spacial score (nSPS) is 20.8. The third-order valence-electron chi connectivity index (χ3n) is 4.19. The van der Waals surface area contributed by atoms with Gasteiger partial charge in [-0.1, -0.05) is 15.9 Å². The largest absolute Gasteiger partial charge is 0.487 e. The summed E-state index contributed by atoms with van der Waals surface area (Å²) < 4.78 is 7.34. The highest BCUT2D eigenvalue weighted by atomic mass is 79.9. The number of carbonyl (C=O) groups excluding carboxylic acids is 1. The Balaban J connectivity index is 1.75. The number of piperidine rings is 1. The molecule has 2 aliphatic heterocycles. The number of fused-ring (bicyclic) bond motifs is 1. The highest BCUT2D eigenvalue weighted by Gasteiger charge is 2.40. The van der Waals surface area contributed by atoms with Gasteiger partial charge in [-0.25, -0.2) is 4.79 Å². The molecule has 0 aromatic heterocycles. The Morgan fingerprint density at radius 2 is 2.05 bits per heavy atom. The maximum absolute atomic E-state index is 11.2. The molecule has 5 heteroatoms. The molecule has 0 atom stereocenters. The first-order valence-electron chi connectivity index (χ1n) is 6.60. The fourth-order valence-corrected chi connectivity index (χ4v) is 3.38. The van der Waals surface area contributed by atoms with Crippen molar-refractivity contribution in [2.75, 3.05) is 13.1 Å². The molecule has 0 bridgehead atoms. The summed E-state index contributed by atoms with van der Waals surface area (Å²) in [7, 11) is 0. The summed E-state index contributed by atoms with van der Waals surface area (Å²) in [4.78, 5) is 12.9. The molecular weight excluding hydrogens is 308 g/mol. The van der Waals surface area contributed by atoms with Crippen LogP contribution in [0.2, 0.25) is 0 Å². The van der Waals surface area contributed by atoms with Gasteiger partial charge in [0.05, 0.1) is 0 Å². The van der Waals surface area contributed by atoms with Crippen LogP contribution in [0, 0.1) is 0 Å². The van der Waals surface area contributed by atoms with Crippen molar-refractivity contribution in [3.63, 3.8) is 0 Å². The molecule has 19 heavy (non-hydrogen) atoms. The van der Waals surface area contributed by atoms with Crippen LogP contribution in [0.5, 0.6) is 5.75 Å². The van der Waals surface area contributed by atoms with E-state index in [0.29, 0.717) is 13.1 Å². The van der Waals surface area contributed by atoms with Gasteiger partial charge in [-0.2, -0.15) is 0 Å². The van der Waals surface area contributed by atoms with Crippen molar-refractivity contribution in [3.8, 4) is 5.75 Å². The molecule has 1 fully saturated rings. The van der Waals surface area contributed by atoms with E-state index in [9.17, 15) is 4.79 Å². The Labute approximate surface area is 121 Å². The number of likely N-dealkylation sites (tertiary alicyclic amines) is 1. The summed E-state index contributed by atoms with van der Waals surface area (Å²) in [6.45, 7) is 1.39. The van der Waals surface area contributed by atoms with E-state index < -0.39 is 0 Å². The standard InChI is InChI=1S/C14H17BrN2O2/c15-11-1-2-12-10(9-11)3-4-14(19-12)5-7-17(8-6-14)13(16)18/h1-2,9H,3-8H2,(H2,16,18). The van der Waals surface area contributed by atoms with Crippen molar-refractivity contribution in [3.05, 3.63) is 28.2 Å². The van der Waals surface area contributed by atoms with E-state index in [-0.39, 0.29) is 11.6 Å². The molecule has 1 aromatic rings. The Hall–Kier alpha value is -1.23. The maximum atomic E-state index is 11.2. The van der Waals surface area contributed by atoms with E-state index in [2.05, 4.69) is 22.0 Å². The first-order chi connectivity index (χ1) is 9.08. The van der Waals surface area contributed by atoms with Gasteiger partial charge in [-0.3, -0.25) is 0 Å². The number of carbonyl (C=O) groups is 1. The number of nitrogens with zero attached hydrogens (tertiary/aromatic N) is 1. The predicted molar refractivity (Wildman–Crippen MR) is 76.2 cm³/mol. The molecule has 4 nitrogen and oxygen atoms in total. The van der Waals surface area contributed by atoms with E-state index in [1.807, 2.05) is 12.1 Å². The third-order valence-corrected chi connectivity index (χ3v) is 4.68. The van der Waals surface area contributed by atoms with Crippen LogP contribution < -0.4 is 10.5 Å².